The lowest BCUT2D eigenvalue weighted by molar-refractivity contribution is 0.369. The minimum absolute atomic E-state index is 0.610. The molecule has 0 aliphatic carbocycles. The Kier molecular flexibility index (Phi) is 3.64. The Morgan fingerprint density at radius 1 is 1.23 bits per heavy atom. The molecule has 0 heterocycles. The minimum Gasteiger partial charge on any atom is -0.496 e. The van der Waals surface area contributed by atoms with E-state index in [9.17, 15) is 0 Å². The molecule has 1 aromatic rings. The van der Waals surface area contributed by atoms with Crippen LogP contribution in [0.25, 0.3) is 5.76 Å². The fourth-order valence-corrected chi connectivity index (χ4v) is 1.62. The van der Waals surface area contributed by atoms with E-state index >= 15 is 0 Å². The van der Waals surface area contributed by atoms with E-state index in [4.69, 9.17) is 27.9 Å². The van der Waals surface area contributed by atoms with Crippen molar-refractivity contribution in [1.82, 2.24) is 0 Å². The molecule has 1 rings (SSSR count). The second-order valence-corrected chi connectivity index (χ2v) is 3.39. The van der Waals surface area contributed by atoms with Crippen LogP contribution in [-0.4, -0.2) is 7.11 Å². The van der Waals surface area contributed by atoms with Crippen molar-refractivity contribution in [2.45, 2.75) is 6.92 Å². The van der Waals surface area contributed by atoms with Crippen LogP contribution in [0.1, 0.15) is 12.5 Å². The first kappa shape index (κ1) is 10.4. The highest BCUT2D eigenvalue weighted by Gasteiger charge is 2.02. The fraction of sp³-hybridized carbons (Fsp3) is 0.200. The molecular formula is C10H10Cl2O. The summed E-state index contributed by atoms with van der Waals surface area (Å²) in [7, 11) is 1.62. The SMILES string of the molecule is CC=C(OC)c1cc(Cl)cc(Cl)c1. The van der Waals surface area contributed by atoms with Gasteiger partial charge in [0.2, 0.25) is 0 Å². The first-order chi connectivity index (χ1) is 6.17. The molecule has 0 radical (unpaired) electrons. The van der Waals surface area contributed by atoms with E-state index in [2.05, 4.69) is 0 Å². The summed E-state index contributed by atoms with van der Waals surface area (Å²) in [5.41, 5.74) is 0.891. The zero-order valence-corrected chi connectivity index (χ0v) is 8.99. The Labute approximate surface area is 87.9 Å². The number of hydrogen-bond acceptors (Lipinski definition) is 1. The molecule has 1 nitrogen and oxygen atoms in total. The van der Waals surface area contributed by atoms with Crippen molar-refractivity contribution in [3.8, 4) is 0 Å². The van der Waals surface area contributed by atoms with Gasteiger partial charge in [-0.2, -0.15) is 0 Å². The largest absolute Gasteiger partial charge is 0.496 e. The summed E-state index contributed by atoms with van der Waals surface area (Å²) >= 11 is 11.7. The van der Waals surface area contributed by atoms with Crippen LogP contribution >= 0.6 is 23.2 Å². The number of halogens is 2. The molecule has 0 unspecified atom stereocenters. The smallest absolute Gasteiger partial charge is 0.121 e. The third-order valence-electron chi connectivity index (χ3n) is 1.63. The molecule has 0 bridgehead atoms. The van der Waals surface area contributed by atoms with Crippen molar-refractivity contribution in [2.75, 3.05) is 7.11 Å². The van der Waals surface area contributed by atoms with E-state index in [1.54, 1.807) is 13.2 Å². The molecular weight excluding hydrogens is 207 g/mol. The van der Waals surface area contributed by atoms with Crippen LogP contribution in [0.3, 0.4) is 0 Å². The second-order valence-electron chi connectivity index (χ2n) is 2.52. The van der Waals surface area contributed by atoms with E-state index in [1.165, 1.54) is 0 Å². The van der Waals surface area contributed by atoms with Crippen LogP contribution in [0, 0.1) is 0 Å². The topological polar surface area (TPSA) is 9.23 Å². The summed E-state index contributed by atoms with van der Waals surface area (Å²) in [5.74, 6) is 0.768. The van der Waals surface area contributed by atoms with Gasteiger partial charge in [0.15, 0.2) is 0 Å². The van der Waals surface area contributed by atoms with E-state index in [1.807, 2.05) is 25.1 Å². The molecule has 13 heavy (non-hydrogen) atoms. The summed E-state index contributed by atoms with van der Waals surface area (Å²) < 4.78 is 5.14. The zero-order chi connectivity index (χ0) is 9.84. The third kappa shape index (κ3) is 2.64. The first-order valence-electron chi connectivity index (χ1n) is 3.84. The van der Waals surface area contributed by atoms with Gasteiger partial charge in [0.25, 0.3) is 0 Å². The Balaban J connectivity index is 3.14. The lowest BCUT2D eigenvalue weighted by atomic mass is 10.2. The van der Waals surface area contributed by atoms with Crippen molar-refractivity contribution in [3.05, 3.63) is 39.9 Å². The van der Waals surface area contributed by atoms with E-state index in [0.717, 1.165) is 11.3 Å². The van der Waals surface area contributed by atoms with Crippen LogP contribution in [0.2, 0.25) is 10.0 Å². The third-order valence-corrected chi connectivity index (χ3v) is 2.07. The predicted molar refractivity (Wildman–Crippen MR) is 57.1 cm³/mol. The standard InChI is InChI=1S/C10H10Cl2O/c1-3-10(13-2)7-4-8(11)6-9(12)5-7/h3-6H,1-2H3. The summed E-state index contributed by atoms with van der Waals surface area (Å²) in [4.78, 5) is 0. The number of rotatable bonds is 2. The van der Waals surface area contributed by atoms with Gasteiger partial charge in [-0.3, -0.25) is 0 Å². The molecule has 0 saturated heterocycles. The van der Waals surface area contributed by atoms with Gasteiger partial charge < -0.3 is 4.74 Å². The molecule has 0 spiro atoms. The molecule has 0 aliphatic rings. The highest BCUT2D eigenvalue weighted by Crippen LogP contribution is 2.24. The number of hydrogen-bond donors (Lipinski definition) is 0. The van der Waals surface area contributed by atoms with Gasteiger partial charge in [0.1, 0.15) is 5.76 Å². The van der Waals surface area contributed by atoms with Crippen molar-refractivity contribution in [1.29, 1.82) is 0 Å². The quantitative estimate of drug-likeness (QED) is 0.680. The maximum atomic E-state index is 5.84. The maximum absolute atomic E-state index is 5.84. The molecule has 3 heteroatoms. The van der Waals surface area contributed by atoms with Crippen LogP contribution in [0.4, 0.5) is 0 Å². The van der Waals surface area contributed by atoms with Gasteiger partial charge in [-0.25, -0.2) is 0 Å². The molecule has 1 aromatic carbocycles. The van der Waals surface area contributed by atoms with Crippen molar-refractivity contribution in [2.24, 2.45) is 0 Å². The lowest BCUT2D eigenvalue weighted by Gasteiger charge is -2.06. The van der Waals surface area contributed by atoms with Gasteiger partial charge in [-0.15, -0.1) is 0 Å². The molecule has 0 N–H and O–H groups in total. The molecule has 0 atom stereocenters. The Morgan fingerprint density at radius 3 is 2.15 bits per heavy atom. The second kappa shape index (κ2) is 4.54. The Hall–Kier alpha value is -0.660. The van der Waals surface area contributed by atoms with Gasteiger partial charge in [-0.05, 0) is 31.2 Å². The number of allylic oxidation sites excluding steroid dienone is 1. The van der Waals surface area contributed by atoms with Gasteiger partial charge in [0, 0.05) is 15.6 Å². The maximum Gasteiger partial charge on any atom is 0.121 e. The van der Waals surface area contributed by atoms with Crippen molar-refractivity contribution >= 4 is 29.0 Å². The van der Waals surface area contributed by atoms with Gasteiger partial charge >= 0.3 is 0 Å². The van der Waals surface area contributed by atoms with Crippen LogP contribution in [0.5, 0.6) is 0 Å². The molecule has 70 valence electrons. The number of methoxy groups -OCH3 is 1. The average molecular weight is 217 g/mol. The predicted octanol–water partition coefficient (Wildman–Crippen LogP) is 4.00. The zero-order valence-electron chi connectivity index (χ0n) is 7.47. The Bertz CT molecular complexity index is 311. The van der Waals surface area contributed by atoms with Crippen molar-refractivity contribution < 1.29 is 4.74 Å². The highest BCUT2D eigenvalue weighted by molar-refractivity contribution is 6.34. The van der Waals surface area contributed by atoms with E-state index in [-0.39, 0.29) is 0 Å². The molecule has 0 fully saturated rings. The normalized spacial score (nSPS) is 11.5. The molecule has 0 saturated carbocycles. The summed E-state index contributed by atoms with van der Waals surface area (Å²) in [6.07, 6.45) is 1.86. The van der Waals surface area contributed by atoms with Gasteiger partial charge in [0.05, 0.1) is 7.11 Å². The monoisotopic (exact) mass is 216 g/mol. The van der Waals surface area contributed by atoms with E-state index < -0.39 is 0 Å². The number of benzene rings is 1. The molecule has 0 aliphatic heterocycles. The average Bonchev–Trinajstić information content (AvgIpc) is 2.04. The summed E-state index contributed by atoms with van der Waals surface area (Å²) in [5, 5.41) is 1.22. The Morgan fingerprint density at radius 2 is 1.77 bits per heavy atom. The van der Waals surface area contributed by atoms with Crippen LogP contribution in [0.15, 0.2) is 24.3 Å². The molecule has 0 amide bonds. The molecule has 0 aromatic heterocycles. The first-order valence-corrected chi connectivity index (χ1v) is 4.59. The van der Waals surface area contributed by atoms with E-state index in [0.29, 0.717) is 10.0 Å². The summed E-state index contributed by atoms with van der Waals surface area (Å²) in [6.45, 7) is 1.90. The minimum atomic E-state index is 0.610. The van der Waals surface area contributed by atoms with Crippen LogP contribution in [-0.2, 0) is 4.74 Å². The number of ether oxygens (including phenoxy) is 1. The van der Waals surface area contributed by atoms with Crippen molar-refractivity contribution in [3.63, 3.8) is 0 Å². The van der Waals surface area contributed by atoms with Gasteiger partial charge in [-0.1, -0.05) is 23.2 Å². The van der Waals surface area contributed by atoms with Crippen LogP contribution < -0.4 is 0 Å². The summed E-state index contributed by atoms with van der Waals surface area (Å²) in [6, 6.07) is 5.31. The lowest BCUT2D eigenvalue weighted by Crippen LogP contribution is -1.86. The highest BCUT2D eigenvalue weighted by atomic mass is 35.5. The fourth-order valence-electron chi connectivity index (χ4n) is 1.10.